The molecule has 0 aromatic carbocycles. The van der Waals surface area contributed by atoms with E-state index in [1.54, 1.807) is 0 Å². The first-order valence-corrected chi connectivity index (χ1v) is 7.35. The second-order valence-electron chi connectivity index (χ2n) is 5.49. The van der Waals surface area contributed by atoms with E-state index in [9.17, 15) is 9.90 Å². The molecule has 1 aromatic rings. The molecule has 0 bridgehead atoms. The van der Waals surface area contributed by atoms with Gasteiger partial charge in [0, 0.05) is 18.7 Å². The summed E-state index contributed by atoms with van der Waals surface area (Å²) in [5.74, 6) is 0.809. The summed E-state index contributed by atoms with van der Waals surface area (Å²) in [4.78, 5) is 14.7. The van der Waals surface area contributed by atoms with Crippen LogP contribution in [0.4, 0.5) is 5.95 Å². The van der Waals surface area contributed by atoms with Crippen LogP contribution in [0.2, 0.25) is 0 Å². The number of nitrogens with zero attached hydrogens (tertiary/aromatic N) is 3. The molecule has 5 nitrogen and oxygen atoms in total. The standard InChI is InChI=1S/C14H21N3O2/c1-2-3-6-11-12(18)16-9-4-7-15-8-5-10-17(13(11)19)14(15)16/h2-10H2,1H3. The van der Waals surface area contributed by atoms with Gasteiger partial charge in [-0.3, -0.25) is 9.69 Å². The average molecular weight is 263 g/mol. The summed E-state index contributed by atoms with van der Waals surface area (Å²) in [5.41, 5.74) is 0.450. The molecule has 3 rings (SSSR count). The van der Waals surface area contributed by atoms with Crippen molar-refractivity contribution in [3.05, 3.63) is 15.9 Å². The molecule has 3 heterocycles. The molecule has 0 atom stereocenters. The highest BCUT2D eigenvalue weighted by atomic mass is 16.3. The van der Waals surface area contributed by atoms with Crippen LogP contribution in [0.5, 0.6) is 5.88 Å². The van der Waals surface area contributed by atoms with E-state index in [0.29, 0.717) is 12.0 Å². The first kappa shape index (κ1) is 12.5. The predicted molar refractivity (Wildman–Crippen MR) is 70.4 cm³/mol. The lowest BCUT2D eigenvalue weighted by Crippen LogP contribution is -2.57. The Bertz CT molecular complexity index is 549. The van der Waals surface area contributed by atoms with Gasteiger partial charge in [-0.25, -0.2) is 4.57 Å². The van der Waals surface area contributed by atoms with Gasteiger partial charge in [0.15, 0.2) is 0 Å². The Kier molecular flexibility index (Phi) is 3.21. The molecular formula is C14H21N3O2. The lowest BCUT2D eigenvalue weighted by molar-refractivity contribution is -0.732. The summed E-state index contributed by atoms with van der Waals surface area (Å²) in [6, 6.07) is 0. The Morgan fingerprint density at radius 2 is 2.05 bits per heavy atom. The fourth-order valence-corrected chi connectivity index (χ4v) is 3.21. The second-order valence-corrected chi connectivity index (χ2v) is 5.49. The highest BCUT2D eigenvalue weighted by molar-refractivity contribution is 5.32. The van der Waals surface area contributed by atoms with Gasteiger partial charge in [0.25, 0.3) is 0 Å². The van der Waals surface area contributed by atoms with Crippen LogP contribution in [-0.2, 0) is 19.5 Å². The van der Waals surface area contributed by atoms with Crippen molar-refractivity contribution in [2.45, 2.75) is 52.1 Å². The molecule has 0 radical (unpaired) electrons. The van der Waals surface area contributed by atoms with Crippen molar-refractivity contribution in [2.24, 2.45) is 0 Å². The first-order valence-electron chi connectivity index (χ1n) is 7.35. The molecule has 0 amide bonds. The average Bonchev–Trinajstić information content (AvgIpc) is 2.44. The molecule has 19 heavy (non-hydrogen) atoms. The van der Waals surface area contributed by atoms with E-state index in [2.05, 4.69) is 11.8 Å². The minimum absolute atomic E-state index is 0.0451. The molecule has 0 unspecified atom stereocenters. The molecule has 0 aliphatic carbocycles. The smallest absolute Gasteiger partial charge is 0.362 e. The monoisotopic (exact) mass is 263 g/mol. The number of anilines is 1. The second kappa shape index (κ2) is 4.87. The van der Waals surface area contributed by atoms with Gasteiger partial charge < -0.3 is 5.11 Å². The van der Waals surface area contributed by atoms with E-state index in [-0.39, 0.29) is 11.4 Å². The van der Waals surface area contributed by atoms with E-state index < -0.39 is 0 Å². The van der Waals surface area contributed by atoms with Crippen molar-refractivity contribution in [1.82, 2.24) is 4.57 Å². The number of hydrogen-bond acceptors (Lipinski definition) is 3. The lowest BCUT2D eigenvalue weighted by atomic mass is 10.1. The Morgan fingerprint density at radius 1 is 1.26 bits per heavy atom. The normalized spacial score (nSPS) is 17.4. The van der Waals surface area contributed by atoms with Crippen molar-refractivity contribution >= 4 is 5.95 Å². The molecule has 2 aliphatic heterocycles. The van der Waals surface area contributed by atoms with Crippen LogP contribution in [0, 0.1) is 0 Å². The summed E-state index contributed by atoms with van der Waals surface area (Å²) in [6.45, 7) is 5.52. The predicted octanol–water partition coefficient (Wildman–Crippen LogP) is 0.166. The minimum atomic E-state index is -0.0451. The Hall–Kier alpha value is -1.52. The van der Waals surface area contributed by atoms with Crippen LogP contribution in [0.15, 0.2) is 4.79 Å². The highest BCUT2D eigenvalue weighted by Gasteiger charge is 2.33. The van der Waals surface area contributed by atoms with Crippen molar-refractivity contribution in [2.75, 3.05) is 18.0 Å². The van der Waals surface area contributed by atoms with Gasteiger partial charge in [0.2, 0.25) is 0 Å². The molecule has 5 heteroatoms. The maximum atomic E-state index is 12.5. The third-order valence-corrected chi connectivity index (χ3v) is 4.17. The molecule has 0 fully saturated rings. The molecule has 0 N–H and O–H groups in total. The first-order chi connectivity index (χ1) is 9.24. The van der Waals surface area contributed by atoms with Gasteiger partial charge in [0.05, 0.1) is 31.7 Å². The van der Waals surface area contributed by atoms with Gasteiger partial charge in [-0.05, 0) is 12.8 Å². The van der Waals surface area contributed by atoms with Crippen LogP contribution in [0.3, 0.4) is 0 Å². The summed E-state index contributed by atoms with van der Waals surface area (Å²) in [5, 5.41) is 12.5. The summed E-state index contributed by atoms with van der Waals surface area (Å²) in [7, 11) is 0. The van der Waals surface area contributed by atoms with E-state index in [1.807, 2.05) is 9.13 Å². The molecule has 1 aromatic heterocycles. The van der Waals surface area contributed by atoms with Gasteiger partial charge in [-0.2, -0.15) is 4.57 Å². The molecule has 0 spiro atoms. The minimum Gasteiger partial charge on any atom is -0.848 e. The third kappa shape index (κ3) is 1.91. The van der Waals surface area contributed by atoms with Crippen LogP contribution in [0.25, 0.3) is 0 Å². The van der Waals surface area contributed by atoms with Crippen molar-refractivity contribution in [1.29, 1.82) is 0 Å². The van der Waals surface area contributed by atoms with E-state index in [0.717, 1.165) is 57.8 Å². The maximum absolute atomic E-state index is 12.5. The molecule has 0 saturated heterocycles. The van der Waals surface area contributed by atoms with Crippen molar-refractivity contribution in [3.8, 4) is 5.88 Å². The van der Waals surface area contributed by atoms with Gasteiger partial charge in [0.1, 0.15) is 0 Å². The number of unbranched alkanes of at least 4 members (excludes halogenated alkanes) is 1. The molecule has 104 valence electrons. The quantitative estimate of drug-likeness (QED) is 0.730. The largest absolute Gasteiger partial charge is 0.848 e. The van der Waals surface area contributed by atoms with Crippen LogP contribution in [-0.4, -0.2) is 17.7 Å². The number of hydrogen-bond donors (Lipinski definition) is 0. The maximum Gasteiger partial charge on any atom is 0.362 e. The van der Waals surface area contributed by atoms with Crippen LogP contribution in [0.1, 0.15) is 38.2 Å². The third-order valence-electron chi connectivity index (χ3n) is 4.17. The Labute approximate surface area is 113 Å². The summed E-state index contributed by atoms with van der Waals surface area (Å²) < 4.78 is 3.66. The van der Waals surface area contributed by atoms with Gasteiger partial charge >= 0.3 is 11.5 Å². The van der Waals surface area contributed by atoms with Crippen molar-refractivity contribution in [3.63, 3.8) is 0 Å². The fraction of sp³-hybridized carbons (Fsp3) is 0.714. The lowest BCUT2D eigenvalue weighted by Gasteiger charge is -2.33. The van der Waals surface area contributed by atoms with Crippen LogP contribution < -0.4 is 20.1 Å². The summed E-state index contributed by atoms with van der Waals surface area (Å²) >= 11 is 0. The zero-order valence-corrected chi connectivity index (χ0v) is 11.5. The summed E-state index contributed by atoms with van der Waals surface area (Å²) in [6.07, 6.45) is 4.53. The van der Waals surface area contributed by atoms with Gasteiger partial charge in [-0.1, -0.05) is 13.3 Å². The van der Waals surface area contributed by atoms with E-state index in [1.165, 1.54) is 0 Å². The van der Waals surface area contributed by atoms with Crippen molar-refractivity contribution < 1.29 is 9.67 Å². The van der Waals surface area contributed by atoms with E-state index in [4.69, 9.17) is 0 Å². The molecular weight excluding hydrogens is 242 g/mol. The topological polar surface area (TPSA) is 52.2 Å². The Balaban J connectivity index is 2.17. The highest BCUT2D eigenvalue weighted by Crippen LogP contribution is 2.22. The molecule has 0 saturated carbocycles. The van der Waals surface area contributed by atoms with E-state index >= 15 is 0 Å². The SMILES string of the molecule is CCCCc1c([O-])[n+]2c3n(c1=O)CCCN3CCC2. The zero-order chi connectivity index (χ0) is 13.4. The zero-order valence-electron chi connectivity index (χ0n) is 11.5. The molecule has 2 aliphatic rings. The van der Waals surface area contributed by atoms with Crippen LogP contribution >= 0.6 is 0 Å². The van der Waals surface area contributed by atoms with Gasteiger partial charge in [-0.15, -0.1) is 0 Å². The Morgan fingerprint density at radius 3 is 2.84 bits per heavy atom. The number of aromatic nitrogens is 2. The number of rotatable bonds is 3. The fourth-order valence-electron chi connectivity index (χ4n) is 3.21.